The number of amides is 1. The molecule has 1 aliphatic rings. The van der Waals surface area contributed by atoms with Crippen LogP contribution in [0.25, 0.3) is 0 Å². The van der Waals surface area contributed by atoms with Gasteiger partial charge in [-0.05, 0) is 30.5 Å². The predicted octanol–water partition coefficient (Wildman–Crippen LogP) is 1.87. The van der Waals surface area contributed by atoms with E-state index in [0.29, 0.717) is 6.54 Å². The lowest BCUT2D eigenvalue weighted by Crippen LogP contribution is -2.44. The van der Waals surface area contributed by atoms with Crippen LogP contribution in [0, 0.1) is 5.92 Å². The summed E-state index contributed by atoms with van der Waals surface area (Å²) in [5.41, 5.74) is 7.06. The van der Waals surface area contributed by atoms with Gasteiger partial charge in [0.05, 0.1) is 5.92 Å². The van der Waals surface area contributed by atoms with Gasteiger partial charge in [-0.15, -0.1) is 0 Å². The number of benzene rings is 1. The average molecular weight is 262 g/mol. The molecule has 0 aliphatic heterocycles. The van der Waals surface area contributed by atoms with Gasteiger partial charge in [0.15, 0.2) is 0 Å². The molecule has 4 nitrogen and oxygen atoms in total. The Labute approximate surface area is 114 Å². The van der Waals surface area contributed by atoms with Crippen LogP contribution in [0.3, 0.4) is 0 Å². The molecular formula is C15H22N2O2. The normalized spacial score (nSPS) is 23.1. The molecule has 2 rings (SSSR count). The van der Waals surface area contributed by atoms with Crippen molar-refractivity contribution in [2.45, 2.75) is 38.3 Å². The number of carbonyl (C=O) groups is 1. The smallest absolute Gasteiger partial charge is 0.227 e. The molecule has 3 N–H and O–H groups in total. The van der Waals surface area contributed by atoms with Crippen LogP contribution < -0.4 is 5.73 Å². The van der Waals surface area contributed by atoms with Crippen molar-refractivity contribution in [3.8, 4) is 5.75 Å². The minimum absolute atomic E-state index is 0.00326. The van der Waals surface area contributed by atoms with E-state index in [2.05, 4.69) is 0 Å². The summed E-state index contributed by atoms with van der Waals surface area (Å²) in [4.78, 5) is 14.1. The second kappa shape index (κ2) is 6.06. The highest BCUT2D eigenvalue weighted by Gasteiger charge is 2.30. The van der Waals surface area contributed by atoms with Gasteiger partial charge in [-0.1, -0.05) is 25.0 Å². The molecule has 1 aromatic rings. The van der Waals surface area contributed by atoms with E-state index in [4.69, 9.17) is 5.73 Å². The van der Waals surface area contributed by atoms with Crippen molar-refractivity contribution in [2.24, 2.45) is 11.7 Å². The maximum atomic E-state index is 12.4. The molecule has 0 radical (unpaired) electrons. The van der Waals surface area contributed by atoms with E-state index < -0.39 is 0 Å². The molecule has 1 aliphatic carbocycles. The lowest BCUT2D eigenvalue weighted by atomic mass is 9.84. The van der Waals surface area contributed by atoms with Crippen LogP contribution in [0.4, 0.5) is 0 Å². The molecule has 0 heterocycles. The monoisotopic (exact) mass is 262 g/mol. The molecular weight excluding hydrogens is 240 g/mol. The Balaban J connectivity index is 1.96. The van der Waals surface area contributed by atoms with Gasteiger partial charge in [-0.3, -0.25) is 4.79 Å². The Kier molecular flexibility index (Phi) is 4.43. The summed E-state index contributed by atoms with van der Waals surface area (Å²) < 4.78 is 0. The number of phenolic OH excluding ortho intramolecular Hbond substituents is 1. The molecule has 0 aromatic heterocycles. The van der Waals surface area contributed by atoms with E-state index in [9.17, 15) is 9.90 Å². The zero-order chi connectivity index (χ0) is 13.8. The average Bonchev–Trinajstić information content (AvgIpc) is 2.41. The van der Waals surface area contributed by atoms with Crippen LogP contribution in [0.15, 0.2) is 24.3 Å². The van der Waals surface area contributed by atoms with Gasteiger partial charge in [-0.25, -0.2) is 0 Å². The van der Waals surface area contributed by atoms with E-state index >= 15 is 0 Å². The van der Waals surface area contributed by atoms with Crippen LogP contribution in [-0.2, 0) is 11.3 Å². The lowest BCUT2D eigenvalue weighted by Gasteiger charge is -2.31. The third kappa shape index (κ3) is 3.47. The van der Waals surface area contributed by atoms with Crippen molar-refractivity contribution in [1.82, 2.24) is 4.90 Å². The summed E-state index contributed by atoms with van der Waals surface area (Å²) in [6.45, 7) is 0.558. The molecule has 1 amide bonds. The summed E-state index contributed by atoms with van der Waals surface area (Å²) in [7, 11) is 1.82. The quantitative estimate of drug-likeness (QED) is 0.874. The highest BCUT2D eigenvalue weighted by Crippen LogP contribution is 2.25. The maximum Gasteiger partial charge on any atom is 0.227 e. The summed E-state index contributed by atoms with van der Waals surface area (Å²) in [5, 5.41) is 9.24. The summed E-state index contributed by atoms with van der Waals surface area (Å²) >= 11 is 0. The van der Waals surface area contributed by atoms with E-state index in [1.54, 1.807) is 17.0 Å². The van der Waals surface area contributed by atoms with E-state index in [1.165, 1.54) is 0 Å². The number of hydrogen-bond acceptors (Lipinski definition) is 3. The highest BCUT2D eigenvalue weighted by molar-refractivity contribution is 5.79. The molecule has 0 spiro atoms. The van der Waals surface area contributed by atoms with Crippen LogP contribution in [0.2, 0.25) is 0 Å². The zero-order valence-electron chi connectivity index (χ0n) is 11.4. The van der Waals surface area contributed by atoms with Crippen molar-refractivity contribution in [1.29, 1.82) is 0 Å². The first kappa shape index (κ1) is 13.9. The van der Waals surface area contributed by atoms with Crippen molar-refractivity contribution < 1.29 is 9.90 Å². The number of aromatic hydroxyl groups is 1. The number of phenols is 1. The van der Waals surface area contributed by atoms with Gasteiger partial charge >= 0.3 is 0 Å². The minimum Gasteiger partial charge on any atom is -0.508 e. The Bertz CT molecular complexity index is 430. The Morgan fingerprint density at radius 2 is 1.95 bits per heavy atom. The molecule has 1 fully saturated rings. The zero-order valence-corrected chi connectivity index (χ0v) is 11.4. The lowest BCUT2D eigenvalue weighted by molar-refractivity contribution is -0.136. The molecule has 0 saturated heterocycles. The van der Waals surface area contributed by atoms with E-state index in [0.717, 1.165) is 31.2 Å². The van der Waals surface area contributed by atoms with Crippen LogP contribution in [-0.4, -0.2) is 29.0 Å². The van der Waals surface area contributed by atoms with E-state index in [1.807, 2.05) is 19.2 Å². The van der Waals surface area contributed by atoms with Crippen molar-refractivity contribution in [3.05, 3.63) is 29.8 Å². The molecule has 19 heavy (non-hydrogen) atoms. The number of rotatable bonds is 3. The van der Waals surface area contributed by atoms with Gasteiger partial charge in [0.1, 0.15) is 5.75 Å². The summed E-state index contributed by atoms with van der Waals surface area (Å²) in [6.07, 6.45) is 4.08. The first-order chi connectivity index (χ1) is 9.08. The number of hydrogen-bond donors (Lipinski definition) is 2. The van der Waals surface area contributed by atoms with Crippen molar-refractivity contribution in [3.63, 3.8) is 0 Å². The fourth-order valence-corrected chi connectivity index (χ4v) is 2.70. The predicted molar refractivity (Wildman–Crippen MR) is 74.5 cm³/mol. The van der Waals surface area contributed by atoms with E-state index in [-0.39, 0.29) is 23.6 Å². The third-order valence-corrected chi connectivity index (χ3v) is 3.87. The second-order valence-electron chi connectivity index (χ2n) is 5.42. The Hall–Kier alpha value is -1.55. The van der Waals surface area contributed by atoms with Crippen LogP contribution >= 0.6 is 0 Å². The standard InChI is InChI=1S/C15H22N2O2/c1-17(10-11-6-8-12(18)9-7-11)15(19)13-4-2-3-5-14(13)16/h6-9,13-14,18H,2-5,10,16H2,1H3. The molecule has 1 aromatic carbocycles. The van der Waals surface area contributed by atoms with Crippen LogP contribution in [0.1, 0.15) is 31.2 Å². The number of nitrogens with two attached hydrogens (primary N) is 1. The van der Waals surface area contributed by atoms with Crippen molar-refractivity contribution >= 4 is 5.91 Å². The van der Waals surface area contributed by atoms with Gasteiger partial charge in [-0.2, -0.15) is 0 Å². The summed E-state index contributed by atoms with van der Waals surface area (Å²) in [6, 6.07) is 6.95. The van der Waals surface area contributed by atoms with Crippen LogP contribution in [0.5, 0.6) is 5.75 Å². The van der Waals surface area contributed by atoms with Crippen molar-refractivity contribution in [2.75, 3.05) is 7.05 Å². The van der Waals surface area contributed by atoms with Gasteiger partial charge in [0.25, 0.3) is 0 Å². The molecule has 4 heteroatoms. The Morgan fingerprint density at radius 3 is 2.58 bits per heavy atom. The van der Waals surface area contributed by atoms with Gasteiger partial charge in [0, 0.05) is 19.6 Å². The van der Waals surface area contributed by atoms with Gasteiger partial charge < -0.3 is 15.7 Å². The topological polar surface area (TPSA) is 66.6 Å². The molecule has 1 saturated carbocycles. The fraction of sp³-hybridized carbons (Fsp3) is 0.533. The first-order valence-electron chi connectivity index (χ1n) is 6.86. The molecule has 2 unspecified atom stereocenters. The molecule has 104 valence electrons. The molecule has 2 atom stereocenters. The first-order valence-corrected chi connectivity index (χ1v) is 6.86. The van der Waals surface area contributed by atoms with Gasteiger partial charge in [0.2, 0.25) is 5.91 Å². The number of carbonyl (C=O) groups excluding carboxylic acids is 1. The second-order valence-corrected chi connectivity index (χ2v) is 5.42. The molecule has 0 bridgehead atoms. The maximum absolute atomic E-state index is 12.4. The minimum atomic E-state index is -0.0316. The largest absolute Gasteiger partial charge is 0.508 e. The third-order valence-electron chi connectivity index (χ3n) is 3.87. The summed E-state index contributed by atoms with van der Waals surface area (Å²) in [5.74, 6) is 0.350. The SMILES string of the molecule is CN(Cc1ccc(O)cc1)C(=O)C1CCCCC1N. The highest BCUT2D eigenvalue weighted by atomic mass is 16.3. The number of nitrogens with zero attached hydrogens (tertiary/aromatic N) is 1. The Morgan fingerprint density at radius 1 is 1.32 bits per heavy atom. The fourth-order valence-electron chi connectivity index (χ4n) is 2.70.